The molecule has 2 atom stereocenters. The van der Waals surface area contributed by atoms with Crippen LogP contribution >= 0.6 is 11.8 Å². The summed E-state index contributed by atoms with van der Waals surface area (Å²) in [4.78, 5) is 4.35. The van der Waals surface area contributed by atoms with Crippen molar-refractivity contribution in [3.8, 4) is 0 Å². The Kier molecular flexibility index (Phi) is 1.61. The average Bonchev–Trinajstić information content (AvgIpc) is 1.85. The van der Waals surface area contributed by atoms with Gasteiger partial charge in [0.1, 0.15) is 0 Å². The Balaban J connectivity index is 2.59. The van der Waals surface area contributed by atoms with Gasteiger partial charge < -0.3 is 0 Å². The molecule has 0 bridgehead atoms. The van der Waals surface area contributed by atoms with E-state index < -0.39 is 0 Å². The Morgan fingerprint density at radius 1 is 1.50 bits per heavy atom. The third-order valence-corrected chi connectivity index (χ3v) is 2.62. The predicted molar refractivity (Wildman–Crippen MR) is 39.6 cm³/mol. The van der Waals surface area contributed by atoms with E-state index in [1.165, 1.54) is 5.71 Å². The second-order valence-electron chi connectivity index (χ2n) is 2.15. The van der Waals surface area contributed by atoms with Crippen molar-refractivity contribution >= 4 is 17.5 Å². The third-order valence-electron chi connectivity index (χ3n) is 1.37. The van der Waals surface area contributed by atoms with E-state index in [-0.39, 0.29) is 0 Å². The van der Waals surface area contributed by atoms with Gasteiger partial charge in [-0.3, -0.25) is 4.99 Å². The zero-order valence-corrected chi connectivity index (χ0v) is 6.33. The normalized spacial score (nSPS) is 37.6. The van der Waals surface area contributed by atoms with Crippen molar-refractivity contribution in [1.29, 1.82) is 0 Å². The smallest absolute Gasteiger partial charge is 0.0929 e. The molecule has 1 aliphatic heterocycles. The van der Waals surface area contributed by atoms with E-state index in [0.29, 0.717) is 10.6 Å². The molecular formula is C6H11NS. The first-order valence-corrected chi connectivity index (χ1v) is 3.84. The van der Waals surface area contributed by atoms with Crippen LogP contribution in [0, 0.1) is 0 Å². The summed E-state index contributed by atoms with van der Waals surface area (Å²) in [6.07, 6.45) is 0. The average molecular weight is 129 g/mol. The molecule has 0 amide bonds. The number of nitrogens with zero attached hydrogens (tertiary/aromatic N) is 1. The first-order valence-electron chi connectivity index (χ1n) is 2.90. The van der Waals surface area contributed by atoms with Gasteiger partial charge in [-0.1, -0.05) is 0 Å². The highest BCUT2D eigenvalue weighted by molar-refractivity contribution is 8.01. The molecule has 46 valence electrons. The van der Waals surface area contributed by atoms with E-state index in [1.807, 2.05) is 11.8 Å². The van der Waals surface area contributed by atoms with Gasteiger partial charge in [0.2, 0.25) is 0 Å². The Hall–Kier alpha value is 0.0200. The van der Waals surface area contributed by atoms with Crippen LogP contribution in [0.3, 0.4) is 0 Å². The van der Waals surface area contributed by atoms with E-state index in [2.05, 4.69) is 25.8 Å². The molecular weight excluding hydrogens is 118 g/mol. The Morgan fingerprint density at radius 2 is 2.12 bits per heavy atom. The number of hydrogen-bond donors (Lipinski definition) is 0. The Morgan fingerprint density at radius 3 is 2.25 bits per heavy atom. The van der Waals surface area contributed by atoms with Gasteiger partial charge in [-0.15, -0.1) is 11.8 Å². The highest BCUT2D eigenvalue weighted by atomic mass is 32.2. The van der Waals surface area contributed by atoms with E-state index in [9.17, 15) is 0 Å². The first kappa shape index (κ1) is 6.14. The quantitative estimate of drug-likeness (QED) is 0.487. The summed E-state index contributed by atoms with van der Waals surface area (Å²) in [7, 11) is 0. The summed E-state index contributed by atoms with van der Waals surface area (Å²) in [5.74, 6) is 0. The second-order valence-corrected chi connectivity index (χ2v) is 3.81. The molecule has 0 radical (unpaired) electrons. The fraction of sp³-hybridized carbons (Fsp3) is 0.833. The lowest BCUT2D eigenvalue weighted by molar-refractivity contribution is 1.06. The monoisotopic (exact) mass is 129 g/mol. The molecule has 1 rings (SSSR count). The van der Waals surface area contributed by atoms with Crippen molar-refractivity contribution in [2.45, 2.75) is 31.4 Å². The molecule has 0 spiro atoms. The molecule has 0 saturated heterocycles. The van der Waals surface area contributed by atoms with Crippen LogP contribution < -0.4 is 0 Å². The van der Waals surface area contributed by atoms with Crippen molar-refractivity contribution in [3.63, 3.8) is 0 Å². The lowest BCUT2D eigenvalue weighted by Crippen LogP contribution is -2.01. The standard InChI is InChI=1S/C6H11NS/c1-4-5(2)8-6(3)7-4/h5-6H,1-3H3/t5-,6+/m0/s1. The van der Waals surface area contributed by atoms with E-state index in [4.69, 9.17) is 0 Å². The fourth-order valence-electron chi connectivity index (χ4n) is 0.816. The molecule has 0 N–H and O–H groups in total. The first-order chi connectivity index (χ1) is 3.70. The van der Waals surface area contributed by atoms with Crippen molar-refractivity contribution in [2.24, 2.45) is 4.99 Å². The molecule has 0 aliphatic carbocycles. The van der Waals surface area contributed by atoms with Gasteiger partial charge in [-0.05, 0) is 20.8 Å². The van der Waals surface area contributed by atoms with E-state index in [0.717, 1.165) is 0 Å². The molecule has 0 fully saturated rings. The van der Waals surface area contributed by atoms with Crippen LogP contribution in [-0.2, 0) is 0 Å². The SMILES string of the molecule is CC1=N[C@@H](C)S[C@H]1C. The molecule has 0 unspecified atom stereocenters. The van der Waals surface area contributed by atoms with Crippen LogP contribution in [-0.4, -0.2) is 16.3 Å². The fourth-order valence-corrected chi connectivity index (χ4v) is 1.89. The maximum absolute atomic E-state index is 4.35. The van der Waals surface area contributed by atoms with Gasteiger partial charge in [-0.2, -0.15) is 0 Å². The highest BCUT2D eigenvalue weighted by Gasteiger charge is 2.17. The van der Waals surface area contributed by atoms with Crippen LogP contribution in [0.4, 0.5) is 0 Å². The number of thioether (sulfide) groups is 1. The van der Waals surface area contributed by atoms with Crippen LogP contribution in [0.25, 0.3) is 0 Å². The van der Waals surface area contributed by atoms with Crippen LogP contribution in [0.15, 0.2) is 4.99 Å². The van der Waals surface area contributed by atoms with E-state index >= 15 is 0 Å². The topological polar surface area (TPSA) is 12.4 Å². The van der Waals surface area contributed by atoms with Gasteiger partial charge in [0, 0.05) is 11.0 Å². The van der Waals surface area contributed by atoms with Crippen LogP contribution in [0.5, 0.6) is 0 Å². The zero-order valence-electron chi connectivity index (χ0n) is 5.51. The molecule has 1 heterocycles. The molecule has 1 nitrogen and oxygen atoms in total. The van der Waals surface area contributed by atoms with Gasteiger partial charge in [0.15, 0.2) is 0 Å². The summed E-state index contributed by atoms with van der Waals surface area (Å²) in [5, 5.41) is 1.16. The Bertz CT molecular complexity index is 120. The number of aliphatic imine (C=N–C) groups is 1. The van der Waals surface area contributed by atoms with Crippen molar-refractivity contribution in [2.75, 3.05) is 0 Å². The third kappa shape index (κ3) is 1.05. The largest absolute Gasteiger partial charge is 0.279 e. The minimum atomic E-state index is 0.505. The van der Waals surface area contributed by atoms with E-state index in [1.54, 1.807) is 0 Å². The minimum absolute atomic E-state index is 0.505. The summed E-state index contributed by atoms with van der Waals surface area (Å²) in [5.41, 5.74) is 1.29. The molecule has 2 heteroatoms. The molecule has 0 aromatic heterocycles. The highest BCUT2D eigenvalue weighted by Crippen LogP contribution is 2.26. The molecule has 0 aromatic rings. The summed E-state index contributed by atoms with van der Waals surface area (Å²) in [6, 6.07) is 0. The number of hydrogen-bond acceptors (Lipinski definition) is 2. The summed E-state index contributed by atoms with van der Waals surface area (Å²) in [6.45, 7) is 6.44. The van der Waals surface area contributed by atoms with Gasteiger partial charge in [0.05, 0.1) is 5.37 Å². The van der Waals surface area contributed by atoms with Crippen LogP contribution in [0.1, 0.15) is 20.8 Å². The van der Waals surface area contributed by atoms with Crippen molar-refractivity contribution < 1.29 is 0 Å². The van der Waals surface area contributed by atoms with Crippen LogP contribution in [0.2, 0.25) is 0 Å². The predicted octanol–water partition coefficient (Wildman–Crippen LogP) is 1.93. The van der Waals surface area contributed by atoms with Crippen molar-refractivity contribution in [1.82, 2.24) is 0 Å². The van der Waals surface area contributed by atoms with Gasteiger partial charge >= 0.3 is 0 Å². The molecule has 1 aliphatic rings. The molecule has 0 saturated carbocycles. The summed E-state index contributed by atoms with van der Waals surface area (Å²) < 4.78 is 0. The summed E-state index contributed by atoms with van der Waals surface area (Å²) >= 11 is 1.92. The second kappa shape index (κ2) is 2.09. The Labute approximate surface area is 54.6 Å². The molecule has 8 heavy (non-hydrogen) atoms. The van der Waals surface area contributed by atoms with Gasteiger partial charge in [0.25, 0.3) is 0 Å². The maximum Gasteiger partial charge on any atom is 0.0929 e. The maximum atomic E-state index is 4.35. The lowest BCUT2D eigenvalue weighted by Gasteiger charge is -1.98. The zero-order chi connectivity index (χ0) is 6.15. The van der Waals surface area contributed by atoms with Crippen molar-refractivity contribution in [3.05, 3.63) is 0 Å². The molecule has 0 aromatic carbocycles. The lowest BCUT2D eigenvalue weighted by atomic mass is 10.3. The minimum Gasteiger partial charge on any atom is -0.279 e. The van der Waals surface area contributed by atoms with Gasteiger partial charge in [-0.25, -0.2) is 0 Å². The number of rotatable bonds is 0.